The number of halogens is 1. The van der Waals surface area contributed by atoms with E-state index in [0.717, 1.165) is 10.2 Å². The molecule has 1 N–H and O–H groups in total. The average molecular weight is 272 g/mol. The van der Waals surface area contributed by atoms with Gasteiger partial charge in [0.2, 0.25) is 5.89 Å². The molecule has 0 saturated carbocycles. The monoisotopic (exact) mass is 271 g/mol. The second-order valence-corrected chi connectivity index (χ2v) is 3.94. The first kappa shape index (κ1) is 10.4. The minimum absolute atomic E-state index is 0.205. The molecule has 6 heteroatoms. The number of aryl methyl sites for hydroxylation is 1. The molecule has 0 saturated heterocycles. The number of aliphatic hydroxyl groups is 1. The first-order chi connectivity index (χ1) is 7.13. The highest BCUT2D eigenvalue weighted by atomic mass is 79.9. The van der Waals surface area contributed by atoms with Gasteiger partial charge in [-0.1, -0.05) is 0 Å². The molecular weight excluding hydrogens is 262 g/mol. The highest BCUT2D eigenvalue weighted by Gasteiger charge is 2.16. The Labute approximate surface area is 94.9 Å². The molecule has 2 aromatic rings. The molecule has 2 heterocycles. The third-order valence-corrected chi connectivity index (χ3v) is 3.13. The van der Waals surface area contributed by atoms with Gasteiger partial charge in [0.15, 0.2) is 5.76 Å². The molecule has 2 rings (SSSR count). The van der Waals surface area contributed by atoms with Crippen molar-refractivity contribution in [2.45, 2.75) is 13.5 Å². The first-order valence-corrected chi connectivity index (χ1v) is 5.17. The summed E-state index contributed by atoms with van der Waals surface area (Å²) >= 11 is 3.44. The van der Waals surface area contributed by atoms with Gasteiger partial charge in [0, 0.05) is 12.7 Å². The van der Waals surface area contributed by atoms with Crippen LogP contribution in [0, 0.1) is 6.92 Å². The highest BCUT2D eigenvalue weighted by molar-refractivity contribution is 9.10. The second kappa shape index (κ2) is 3.79. The maximum atomic E-state index is 8.83. The van der Waals surface area contributed by atoms with Gasteiger partial charge in [-0.25, -0.2) is 4.98 Å². The van der Waals surface area contributed by atoms with E-state index in [2.05, 4.69) is 26.0 Å². The molecule has 0 amide bonds. The van der Waals surface area contributed by atoms with Crippen LogP contribution in [0.3, 0.4) is 0 Å². The maximum absolute atomic E-state index is 8.83. The molecule has 0 bridgehead atoms. The van der Waals surface area contributed by atoms with Crippen molar-refractivity contribution in [3.8, 4) is 11.5 Å². The Morgan fingerprint density at radius 3 is 2.80 bits per heavy atom. The molecule has 0 aliphatic rings. The van der Waals surface area contributed by atoms with Gasteiger partial charge in [-0.05, 0) is 22.9 Å². The quantitative estimate of drug-likeness (QED) is 0.902. The molecule has 5 nitrogen and oxygen atoms in total. The highest BCUT2D eigenvalue weighted by Crippen LogP contribution is 2.29. The summed E-state index contributed by atoms with van der Waals surface area (Å²) in [6, 6.07) is 0. The molecule has 0 spiro atoms. The SMILES string of the molecule is Cc1c(Br)c(-c2cnc(CO)o2)nn1C. The predicted octanol–water partition coefficient (Wildman–Crippen LogP) is 1.64. The van der Waals surface area contributed by atoms with Crippen molar-refractivity contribution >= 4 is 15.9 Å². The van der Waals surface area contributed by atoms with Gasteiger partial charge in [0.05, 0.1) is 10.7 Å². The van der Waals surface area contributed by atoms with Crippen molar-refractivity contribution in [1.82, 2.24) is 14.8 Å². The lowest BCUT2D eigenvalue weighted by molar-refractivity contribution is 0.241. The van der Waals surface area contributed by atoms with Gasteiger partial charge < -0.3 is 9.52 Å². The van der Waals surface area contributed by atoms with Crippen LogP contribution in [-0.4, -0.2) is 19.9 Å². The van der Waals surface area contributed by atoms with E-state index in [0.29, 0.717) is 17.3 Å². The fourth-order valence-electron chi connectivity index (χ4n) is 1.23. The summed E-state index contributed by atoms with van der Waals surface area (Å²) < 4.78 is 7.93. The number of aliphatic hydroxyl groups excluding tert-OH is 1. The minimum Gasteiger partial charge on any atom is -0.436 e. The van der Waals surface area contributed by atoms with Crippen LogP contribution >= 0.6 is 15.9 Å². The van der Waals surface area contributed by atoms with Gasteiger partial charge in [-0.2, -0.15) is 5.10 Å². The van der Waals surface area contributed by atoms with Crippen LogP contribution in [0.15, 0.2) is 15.1 Å². The van der Waals surface area contributed by atoms with E-state index in [-0.39, 0.29) is 6.61 Å². The summed E-state index contributed by atoms with van der Waals surface area (Å²) in [4.78, 5) is 3.90. The average Bonchev–Trinajstić information content (AvgIpc) is 2.79. The number of hydrogen-bond acceptors (Lipinski definition) is 4. The Balaban J connectivity index is 2.49. The Morgan fingerprint density at radius 2 is 2.33 bits per heavy atom. The third-order valence-electron chi connectivity index (χ3n) is 2.18. The van der Waals surface area contributed by atoms with E-state index in [4.69, 9.17) is 9.52 Å². The summed E-state index contributed by atoms with van der Waals surface area (Å²) in [7, 11) is 1.85. The zero-order valence-electron chi connectivity index (χ0n) is 8.36. The number of aromatic nitrogens is 3. The fourth-order valence-corrected chi connectivity index (χ4v) is 1.76. The van der Waals surface area contributed by atoms with E-state index in [1.165, 1.54) is 0 Å². The van der Waals surface area contributed by atoms with E-state index in [1.807, 2.05) is 14.0 Å². The normalized spacial score (nSPS) is 10.9. The minimum atomic E-state index is -0.205. The standard InChI is InChI=1S/C9H10BrN3O2/c1-5-8(10)9(12-13(5)2)6-3-11-7(4-14)15-6/h3,14H,4H2,1-2H3. The third kappa shape index (κ3) is 1.70. The Kier molecular flexibility index (Phi) is 2.62. The van der Waals surface area contributed by atoms with Crippen molar-refractivity contribution in [3.63, 3.8) is 0 Å². The summed E-state index contributed by atoms with van der Waals surface area (Å²) in [5.41, 5.74) is 1.70. The molecule has 0 radical (unpaired) electrons. The molecule has 0 unspecified atom stereocenters. The number of rotatable bonds is 2. The van der Waals surface area contributed by atoms with Crippen LogP contribution < -0.4 is 0 Å². The molecule has 15 heavy (non-hydrogen) atoms. The Bertz CT molecular complexity index is 490. The van der Waals surface area contributed by atoms with Crippen molar-refractivity contribution in [2.75, 3.05) is 0 Å². The lowest BCUT2D eigenvalue weighted by atomic mass is 10.3. The van der Waals surface area contributed by atoms with Gasteiger partial charge >= 0.3 is 0 Å². The van der Waals surface area contributed by atoms with Crippen LogP contribution in [0.25, 0.3) is 11.5 Å². The van der Waals surface area contributed by atoms with E-state index < -0.39 is 0 Å². The van der Waals surface area contributed by atoms with Gasteiger partial charge in [0.25, 0.3) is 0 Å². The molecular formula is C9H10BrN3O2. The zero-order valence-corrected chi connectivity index (χ0v) is 9.95. The van der Waals surface area contributed by atoms with Gasteiger partial charge in [-0.15, -0.1) is 0 Å². The van der Waals surface area contributed by atoms with Crippen LogP contribution in [0.2, 0.25) is 0 Å². The van der Waals surface area contributed by atoms with Crippen LogP contribution in [0.4, 0.5) is 0 Å². The first-order valence-electron chi connectivity index (χ1n) is 4.38. The summed E-state index contributed by atoms with van der Waals surface area (Å²) in [6.45, 7) is 1.74. The fraction of sp³-hybridized carbons (Fsp3) is 0.333. The molecule has 0 fully saturated rings. The topological polar surface area (TPSA) is 64.1 Å². The lowest BCUT2D eigenvalue weighted by Crippen LogP contribution is -1.92. The lowest BCUT2D eigenvalue weighted by Gasteiger charge is -1.90. The van der Waals surface area contributed by atoms with Crippen molar-refractivity contribution in [1.29, 1.82) is 0 Å². The second-order valence-electron chi connectivity index (χ2n) is 3.15. The Hall–Kier alpha value is -1.14. The largest absolute Gasteiger partial charge is 0.436 e. The predicted molar refractivity (Wildman–Crippen MR) is 57.1 cm³/mol. The van der Waals surface area contributed by atoms with E-state index >= 15 is 0 Å². The van der Waals surface area contributed by atoms with Crippen molar-refractivity contribution < 1.29 is 9.52 Å². The zero-order chi connectivity index (χ0) is 11.0. The smallest absolute Gasteiger partial charge is 0.220 e. The molecule has 0 aliphatic heterocycles. The summed E-state index contributed by atoms with van der Waals surface area (Å²) in [5.74, 6) is 0.842. The van der Waals surface area contributed by atoms with E-state index in [1.54, 1.807) is 10.9 Å². The Morgan fingerprint density at radius 1 is 1.60 bits per heavy atom. The summed E-state index contributed by atoms with van der Waals surface area (Å²) in [6.07, 6.45) is 1.55. The summed E-state index contributed by atoms with van der Waals surface area (Å²) in [5, 5.41) is 13.1. The number of oxazole rings is 1. The molecule has 0 aliphatic carbocycles. The molecule has 80 valence electrons. The number of nitrogens with zero attached hydrogens (tertiary/aromatic N) is 3. The van der Waals surface area contributed by atoms with Gasteiger partial charge in [0.1, 0.15) is 12.3 Å². The molecule has 0 atom stereocenters. The van der Waals surface area contributed by atoms with Crippen LogP contribution in [-0.2, 0) is 13.7 Å². The van der Waals surface area contributed by atoms with Crippen molar-refractivity contribution in [2.24, 2.45) is 7.05 Å². The van der Waals surface area contributed by atoms with E-state index in [9.17, 15) is 0 Å². The molecule has 0 aromatic carbocycles. The van der Waals surface area contributed by atoms with Gasteiger partial charge in [-0.3, -0.25) is 4.68 Å². The molecule has 2 aromatic heterocycles. The number of hydrogen-bond donors (Lipinski definition) is 1. The van der Waals surface area contributed by atoms with Crippen molar-refractivity contribution in [3.05, 3.63) is 22.3 Å². The van der Waals surface area contributed by atoms with Crippen LogP contribution in [0.1, 0.15) is 11.6 Å². The maximum Gasteiger partial charge on any atom is 0.220 e. The van der Waals surface area contributed by atoms with Crippen LogP contribution in [0.5, 0.6) is 0 Å².